The van der Waals surface area contributed by atoms with Crippen molar-refractivity contribution in [2.24, 2.45) is 0 Å². The topological polar surface area (TPSA) is 56.5 Å². The Labute approximate surface area is 160 Å². The van der Waals surface area contributed by atoms with E-state index in [2.05, 4.69) is 12.7 Å². The number of unbranched alkanes of at least 4 members (excludes halogenated alkanes) is 2. The molecule has 0 saturated carbocycles. The minimum Gasteiger partial charge on any atom is -0.465 e. The molecule has 0 unspecified atom stereocenters. The van der Waals surface area contributed by atoms with Crippen molar-refractivity contribution in [1.29, 1.82) is 0 Å². The Hall–Kier alpha value is -2.84. The molecule has 0 amide bonds. The molecule has 0 saturated heterocycles. The van der Waals surface area contributed by atoms with E-state index in [0.29, 0.717) is 22.6 Å². The molecule has 1 heterocycles. The van der Waals surface area contributed by atoms with Crippen molar-refractivity contribution in [3.63, 3.8) is 0 Å². The van der Waals surface area contributed by atoms with Crippen LogP contribution < -0.4 is 0 Å². The van der Waals surface area contributed by atoms with Crippen LogP contribution in [0.4, 0.5) is 0 Å². The van der Waals surface area contributed by atoms with Gasteiger partial charge in [0.15, 0.2) is 5.78 Å². The lowest BCUT2D eigenvalue weighted by molar-refractivity contribution is 0.0600. The number of rotatable bonds is 8. The highest BCUT2D eigenvalue weighted by molar-refractivity contribution is 5.95. The minimum absolute atomic E-state index is 0.00205. The number of ether oxygens (including phenoxy) is 1. The first-order chi connectivity index (χ1) is 13.0. The van der Waals surface area contributed by atoms with E-state index in [1.54, 1.807) is 32.0 Å². The summed E-state index contributed by atoms with van der Waals surface area (Å²) >= 11 is 0. The van der Waals surface area contributed by atoms with Gasteiger partial charge in [0.05, 0.1) is 18.2 Å². The number of esters is 1. The van der Waals surface area contributed by atoms with Gasteiger partial charge in [-0.3, -0.25) is 4.79 Å². The molecule has 0 spiro atoms. The lowest BCUT2D eigenvalue weighted by Gasteiger charge is -2.02. The summed E-state index contributed by atoms with van der Waals surface area (Å²) in [6.07, 6.45) is 5.98. The monoisotopic (exact) mass is 366 g/mol. The molecule has 1 aromatic carbocycles. The number of methoxy groups -OCH3 is 1. The Bertz CT molecular complexity index is 862. The van der Waals surface area contributed by atoms with E-state index in [-0.39, 0.29) is 11.8 Å². The molecule has 0 N–H and O–H groups in total. The molecule has 0 aliphatic heterocycles. The number of hydrogen-bond acceptors (Lipinski definition) is 4. The molecule has 4 heteroatoms. The summed E-state index contributed by atoms with van der Waals surface area (Å²) in [6.45, 7) is 5.51. The molecule has 0 radical (unpaired) electrons. The van der Waals surface area contributed by atoms with Crippen LogP contribution >= 0.6 is 0 Å². The van der Waals surface area contributed by atoms with E-state index < -0.39 is 0 Å². The van der Waals surface area contributed by atoms with Gasteiger partial charge < -0.3 is 9.15 Å². The third kappa shape index (κ3) is 5.57. The Balaban J connectivity index is 2.34. The average molecular weight is 366 g/mol. The van der Waals surface area contributed by atoms with Crippen LogP contribution in [0.5, 0.6) is 0 Å². The maximum absolute atomic E-state index is 11.7. The molecular formula is C23H26O4. The van der Waals surface area contributed by atoms with Crippen LogP contribution in [-0.2, 0) is 4.74 Å². The molecule has 4 nitrogen and oxygen atoms in total. The van der Waals surface area contributed by atoms with Gasteiger partial charge in [-0.2, -0.15) is 0 Å². The van der Waals surface area contributed by atoms with Gasteiger partial charge in [0, 0.05) is 5.57 Å². The SMILES string of the molecule is CCCCCC(=C=Cc1ccc(C(=O)OC)cc1)c1cc(C(C)=O)c(C)o1. The third-order valence-corrected chi connectivity index (χ3v) is 4.37. The molecule has 0 atom stereocenters. The number of Topliss-reactive ketones (excluding diaryl/α,β-unsaturated/α-hetero) is 1. The van der Waals surface area contributed by atoms with Gasteiger partial charge in [0.25, 0.3) is 0 Å². The van der Waals surface area contributed by atoms with E-state index >= 15 is 0 Å². The quantitative estimate of drug-likeness (QED) is 0.254. The minimum atomic E-state index is -0.357. The molecule has 2 rings (SSSR count). The fourth-order valence-electron chi connectivity index (χ4n) is 2.80. The predicted molar refractivity (Wildman–Crippen MR) is 107 cm³/mol. The van der Waals surface area contributed by atoms with Crippen LogP contribution in [-0.4, -0.2) is 18.9 Å². The van der Waals surface area contributed by atoms with Gasteiger partial charge in [0.2, 0.25) is 0 Å². The summed E-state index contributed by atoms with van der Waals surface area (Å²) in [5, 5.41) is 0. The van der Waals surface area contributed by atoms with Crippen molar-refractivity contribution in [2.75, 3.05) is 7.11 Å². The fourth-order valence-corrected chi connectivity index (χ4v) is 2.80. The molecule has 0 aliphatic carbocycles. The van der Waals surface area contributed by atoms with Gasteiger partial charge in [-0.15, -0.1) is 5.73 Å². The second-order valence-corrected chi connectivity index (χ2v) is 6.47. The van der Waals surface area contributed by atoms with E-state index in [1.165, 1.54) is 7.11 Å². The molecule has 1 aromatic heterocycles. The van der Waals surface area contributed by atoms with Crippen LogP contribution in [0, 0.1) is 6.92 Å². The van der Waals surface area contributed by atoms with Crippen molar-refractivity contribution in [1.82, 2.24) is 0 Å². The highest BCUT2D eigenvalue weighted by Gasteiger charge is 2.14. The Morgan fingerprint density at radius 2 is 1.89 bits per heavy atom. The first kappa shape index (κ1) is 20.5. The standard InChI is InChI=1S/C23H26O4/c1-5-6-7-8-19(22-15-21(16(2)24)17(3)27-22)12-9-18-10-13-20(14-11-18)23(25)26-4/h9-11,13-15H,5-8H2,1-4H3. The maximum Gasteiger partial charge on any atom is 0.337 e. The summed E-state index contributed by atoms with van der Waals surface area (Å²) in [4.78, 5) is 23.2. The number of hydrogen-bond donors (Lipinski definition) is 0. The number of carbonyl (C=O) groups excluding carboxylic acids is 2. The zero-order chi connectivity index (χ0) is 19.8. The number of ketones is 1. The maximum atomic E-state index is 11.7. The zero-order valence-corrected chi connectivity index (χ0v) is 16.4. The summed E-state index contributed by atoms with van der Waals surface area (Å²) in [7, 11) is 1.36. The van der Waals surface area contributed by atoms with Crippen LogP contribution in [0.25, 0.3) is 11.6 Å². The molecule has 27 heavy (non-hydrogen) atoms. The van der Waals surface area contributed by atoms with Crippen molar-refractivity contribution in [2.45, 2.75) is 46.5 Å². The number of carbonyl (C=O) groups is 2. The lowest BCUT2D eigenvalue weighted by Crippen LogP contribution is -2.00. The van der Waals surface area contributed by atoms with Gasteiger partial charge >= 0.3 is 5.97 Å². The van der Waals surface area contributed by atoms with Crippen molar-refractivity contribution in [3.8, 4) is 0 Å². The summed E-state index contributed by atoms with van der Waals surface area (Å²) in [5.74, 6) is 0.966. The zero-order valence-electron chi connectivity index (χ0n) is 16.4. The molecule has 0 aliphatic rings. The van der Waals surface area contributed by atoms with Crippen LogP contribution in [0.3, 0.4) is 0 Å². The van der Waals surface area contributed by atoms with Gasteiger partial charge in [0.1, 0.15) is 11.5 Å². The van der Waals surface area contributed by atoms with Crippen molar-refractivity contribution < 1.29 is 18.7 Å². The second-order valence-electron chi connectivity index (χ2n) is 6.47. The summed E-state index contributed by atoms with van der Waals surface area (Å²) in [6, 6.07) is 8.94. The molecule has 2 aromatic rings. The predicted octanol–water partition coefficient (Wildman–Crippen LogP) is 5.85. The van der Waals surface area contributed by atoms with E-state index in [1.807, 2.05) is 18.2 Å². The lowest BCUT2D eigenvalue weighted by atomic mass is 10.0. The smallest absolute Gasteiger partial charge is 0.337 e. The molecular weight excluding hydrogens is 340 g/mol. The number of furan rings is 1. The molecule has 142 valence electrons. The van der Waals surface area contributed by atoms with E-state index in [9.17, 15) is 9.59 Å². The van der Waals surface area contributed by atoms with E-state index in [4.69, 9.17) is 9.15 Å². The van der Waals surface area contributed by atoms with E-state index in [0.717, 1.165) is 36.8 Å². The van der Waals surface area contributed by atoms with Gasteiger partial charge in [-0.25, -0.2) is 4.79 Å². The summed E-state index contributed by atoms with van der Waals surface area (Å²) < 4.78 is 10.5. The van der Waals surface area contributed by atoms with Crippen molar-refractivity contribution >= 4 is 23.4 Å². The van der Waals surface area contributed by atoms with Gasteiger partial charge in [-0.05, 0) is 56.5 Å². The van der Waals surface area contributed by atoms with Crippen LogP contribution in [0.1, 0.15) is 77.3 Å². The van der Waals surface area contributed by atoms with Gasteiger partial charge in [-0.1, -0.05) is 31.9 Å². The van der Waals surface area contributed by atoms with Crippen LogP contribution in [0.2, 0.25) is 0 Å². The average Bonchev–Trinajstić information content (AvgIpc) is 3.06. The third-order valence-electron chi connectivity index (χ3n) is 4.37. The largest absolute Gasteiger partial charge is 0.465 e. The first-order valence-corrected chi connectivity index (χ1v) is 9.22. The Morgan fingerprint density at radius 3 is 2.44 bits per heavy atom. The molecule has 0 fully saturated rings. The number of allylic oxidation sites excluding steroid dienone is 1. The number of benzene rings is 1. The Kier molecular flexibility index (Phi) is 7.39. The highest BCUT2D eigenvalue weighted by Crippen LogP contribution is 2.26. The van der Waals surface area contributed by atoms with Crippen LogP contribution in [0.15, 0.2) is 40.5 Å². The first-order valence-electron chi connectivity index (χ1n) is 9.22. The normalized spacial score (nSPS) is 10.2. The second kappa shape index (κ2) is 9.75. The fraction of sp³-hybridized carbons (Fsp3) is 0.348. The van der Waals surface area contributed by atoms with Crippen molar-refractivity contribution in [3.05, 3.63) is 64.3 Å². The summed E-state index contributed by atoms with van der Waals surface area (Å²) in [5.41, 5.74) is 6.31. The number of aryl methyl sites for hydroxylation is 1. The highest BCUT2D eigenvalue weighted by atomic mass is 16.5. The molecule has 0 bridgehead atoms. The Morgan fingerprint density at radius 1 is 1.19 bits per heavy atom.